The number of hydrogen-bond acceptors (Lipinski definition) is 3. The van der Waals surface area contributed by atoms with Crippen molar-refractivity contribution < 1.29 is 4.79 Å². The molecule has 1 saturated heterocycles. The highest BCUT2D eigenvalue weighted by molar-refractivity contribution is 5.92. The van der Waals surface area contributed by atoms with Gasteiger partial charge in [0.05, 0.1) is 0 Å². The number of nitrogens with one attached hydrogen (secondary N) is 1. The lowest BCUT2D eigenvalue weighted by Crippen LogP contribution is -2.42. The number of fused-ring (bicyclic) bond motifs is 1. The number of amides is 1. The summed E-state index contributed by atoms with van der Waals surface area (Å²) in [4.78, 5) is 18.9. The molecule has 1 fully saturated rings. The second-order valence-electron chi connectivity index (χ2n) is 6.38. The Morgan fingerprint density at radius 2 is 2.15 bits per heavy atom. The number of piperidine rings is 1. The second-order valence-corrected chi connectivity index (χ2v) is 6.38. The SMILES string of the molecule is CCC1(C)CCN(C(=O)c2cn3c(n2)NCCC3)CC1. The van der Waals surface area contributed by atoms with Crippen molar-refractivity contribution in [2.24, 2.45) is 5.41 Å². The number of carbonyl (C=O) groups is 1. The molecule has 2 aliphatic heterocycles. The summed E-state index contributed by atoms with van der Waals surface area (Å²) in [6, 6.07) is 0. The maximum atomic E-state index is 12.5. The van der Waals surface area contributed by atoms with E-state index in [2.05, 4.69) is 28.7 Å². The van der Waals surface area contributed by atoms with Crippen LogP contribution in [0.1, 0.15) is 50.0 Å². The number of anilines is 1. The summed E-state index contributed by atoms with van der Waals surface area (Å²) in [5.41, 5.74) is 1.00. The van der Waals surface area contributed by atoms with E-state index in [1.165, 1.54) is 6.42 Å². The number of aromatic nitrogens is 2. The van der Waals surface area contributed by atoms with E-state index in [1.54, 1.807) is 0 Å². The van der Waals surface area contributed by atoms with Gasteiger partial charge in [0, 0.05) is 32.4 Å². The lowest BCUT2D eigenvalue weighted by molar-refractivity contribution is 0.0595. The fourth-order valence-electron chi connectivity index (χ4n) is 3.05. The average molecular weight is 276 g/mol. The Hall–Kier alpha value is -1.52. The third kappa shape index (κ3) is 2.41. The molecule has 1 aromatic rings. The minimum Gasteiger partial charge on any atom is -0.356 e. The third-order valence-electron chi connectivity index (χ3n) is 4.97. The van der Waals surface area contributed by atoms with Gasteiger partial charge in [0.1, 0.15) is 5.69 Å². The Morgan fingerprint density at radius 1 is 1.40 bits per heavy atom. The van der Waals surface area contributed by atoms with E-state index in [-0.39, 0.29) is 5.91 Å². The van der Waals surface area contributed by atoms with E-state index in [1.807, 2.05) is 11.1 Å². The molecule has 0 radical (unpaired) electrons. The van der Waals surface area contributed by atoms with E-state index in [0.717, 1.165) is 51.4 Å². The second kappa shape index (κ2) is 5.11. The molecule has 1 N–H and O–H groups in total. The van der Waals surface area contributed by atoms with Crippen molar-refractivity contribution in [2.45, 2.75) is 46.1 Å². The van der Waals surface area contributed by atoms with Gasteiger partial charge in [0.15, 0.2) is 0 Å². The summed E-state index contributed by atoms with van der Waals surface area (Å²) in [5.74, 6) is 0.932. The monoisotopic (exact) mass is 276 g/mol. The third-order valence-corrected chi connectivity index (χ3v) is 4.97. The van der Waals surface area contributed by atoms with Crippen molar-refractivity contribution in [2.75, 3.05) is 25.0 Å². The predicted octanol–water partition coefficient (Wildman–Crippen LogP) is 2.35. The fraction of sp³-hybridized carbons (Fsp3) is 0.733. The summed E-state index contributed by atoms with van der Waals surface area (Å²) < 4.78 is 2.05. The summed E-state index contributed by atoms with van der Waals surface area (Å²) in [6.45, 7) is 8.19. The van der Waals surface area contributed by atoms with Gasteiger partial charge >= 0.3 is 0 Å². The van der Waals surface area contributed by atoms with Crippen molar-refractivity contribution in [1.82, 2.24) is 14.5 Å². The normalized spacial score (nSPS) is 21.2. The minimum absolute atomic E-state index is 0.0897. The van der Waals surface area contributed by atoms with Crippen LogP contribution < -0.4 is 5.32 Å². The highest BCUT2D eigenvalue weighted by Gasteiger charge is 2.31. The van der Waals surface area contributed by atoms with Crippen LogP contribution in [0.2, 0.25) is 0 Å². The summed E-state index contributed by atoms with van der Waals surface area (Å²) >= 11 is 0. The van der Waals surface area contributed by atoms with E-state index in [0.29, 0.717) is 11.1 Å². The van der Waals surface area contributed by atoms with E-state index in [9.17, 15) is 4.79 Å². The number of carbonyl (C=O) groups excluding carboxylic acids is 1. The number of imidazole rings is 1. The predicted molar refractivity (Wildman–Crippen MR) is 78.9 cm³/mol. The van der Waals surface area contributed by atoms with Crippen LogP contribution in [0.4, 0.5) is 5.95 Å². The Kier molecular flexibility index (Phi) is 3.44. The number of nitrogens with zero attached hydrogens (tertiary/aromatic N) is 3. The van der Waals surface area contributed by atoms with E-state index >= 15 is 0 Å². The first-order chi connectivity index (χ1) is 9.61. The quantitative estimate of drug-likeness (QED) is 0.902. The molecule has 1 amide bonds. The average Bonchev–Trinajstić information content (AvgIpc) is 2.91. The number of rotatable bonds is 2. The highest BCUT2D eigenvalue weighted by Crippen LogP contribution is 2.34. The standard InChI is InChI=1S/C15H24N4O/c1-3-15(2)5-9-18(10-6-15)13(20)12-11-19-8-4-7-16-14(19)17-12/h11H,3-10H2,1-2H3,(H,16,17). The van der Waals surface area contributed by atoms with Crippen LogP contribution in [-0.4, -0.2) is 40.0 Å². The lowest BCUT2D eigenvalue weighted by Gasteiger charge is -2.38. The van der Waals surface area contributed by atoms with Crippen molar-refractivity contribution in [3.8, 4) is 0 Å². The molecule has 3 heterocycles. The van der Waals surface area contributed by atoms with Gasteiger partial charge in [-0.05, 0) is 24.7 Å². The molecule has 5 heteroatoms. The van der Waals surface area contributed by atoms with Gasteiger partial charge in [-0.2, -0.15) is 0 Å². The summed E-state index contributed by atoms with van der Waals surface area (Å²) in [6.07, 6.45) is 6.38. The highest BCUT2D eigenvalue weighted by atomic mass is 16.2. The lowest BCUT2D eigenvalue weighted by atomic mass is 9.78. The van der Waals surface area contributed by atoms with Crippen LogP contribution in [-0.2, 0) is 6.54 Å². The first kappa shape index (κ1) is 13.5. The van der Waals surface area contributed by atoms with Gasteiger partial charge < -0.3 is 14.8 Å². The van der Waals surface area contributed by atoms with Crippen molar-refractivity contribution in [3.05, 3.63) is 11.9 Å². The minimum atomic E-state index is 0.0897. The Bertz CT molecular complexity index is 476. The molecular formula is C15H24N4O. The van der Waals surface area contributed by atoms with Gasteiger partial charge in [-0.15, -0.1) is 0 Å². The fourth-order valence-corrected chi connectivity index (χ4v) is 3.05. The van der Waals surface area contributed by atoms with E-state index in [4.69, 9.17) is 0 Å². The van der Waals surface area contributed by atoms with E-state index < -0.39 is 0 Å². The first-order valence-corrected chi connectivity index (χ1v) is 7.72. The maximum Gasteiger partial charge on any atom is 0.274 e. The zero-order valence-electron chi connectivity index (χ0n) is 12.5. The molecule has 110 valence electrons. The van der Waals surface area contributed by atoms with Crippen molar-refractivity contribution in [3.63, 3.8) is 0 Å². The zero-order chi connectivity index (χ0) is 14.2. The van der Waals surface area contributed by atoms with Gasteiger partial charge in [-0.1, -0.05) is 20.3 Å². The topological polar surface area (TPSA) is 50.2 Å². The van der Waals surface area contributed by atoms with Gasteiger partial charge in [-0.25, -0.2) is 4.98 Å². The molecule has 20 heavy (non-hydrogen) atoms. The van der Waals surface area contributed by atoms with Crippen molar-refractivity contribution in [1.29, 1.82) is 0 Å². The molecule has 1 aromatic heterocycles. The zero-order valence-corrected chi connectivity index (χ0v) is 12.5. The molecule has 0 atom stereocenters. The molecule has 0 aromatic carbocycles. The molecule has 2 aliphatic rings. The maximum absolute atomic E-state index is 12.5. The van der Waals surface area contributed by atoms with Gasteiger partial charge in [0.25, 0.3) is 5.91 Å². The molecule has 0 spiro atoms. The van der Waals surface area contributed by atoms with Crippen LogP contribution >= 0.6 is 0 Å². The van der Waals surface area contributed by atoms with Crippen LogP contribution in [0.5, 0.6) is 0 Å². The van der Waals surface area contributed by atoms with Crippen LogP contribution in [0.15, 0.2) is 6.20 Å². The first-order valence-electron chi connectivity index (χ1n) is 7.72. The molecule has 3 rings (SSSR count). The Labute approximate surface area is 120 Å². The molecule has 5 nitrogen and oxygen atoms in total. The largest absolute Gasteiger partial charge is 0.356 e. The Balaban J connectivity index is 1.69. The summed E-state index contributed by atoms with van der Waals surface area (Å²) in [7, 11) is 0. The molecule has 0 unspecified atom stereocenters. The molecule has 0 bridgehead atoms. The van der Waals surface area contributed by atoms with Gasteiger partial charge in [0.2, 0.25) is 5.95 Å². The molecular weight excluding hydrogens is 252 g/mol. The number of aryl methyl sites for hydroxylation is 1. The smallest absolute Gasteiger partial charge is 0.274 e. The number of likely N-dealkylation sites (tertiary alicyclic amines) is 1. The Morgan fingerprint density at radius 3 is 2.80 bits per heavy atom. The van der Waals surface area contributed by atoms with Crippen LogP contribution in [0.25, 0.3) is 0 Å². The molecule has 0 aliphatic carbocycles. The summed E-state index contributed by atoms with van der Waals surface area (Å²) in [5, 5.41) is 3.24. The van der Waals surface area contributed by atoms with Crippen LogP contribution in [0, 0.1) is 5.41 Å². The van der Waals surface area contributed by atoms with Crippen LogP contribution in [0.3, 0.4) is 0 Å². The van der Waals surface area contributed by atoms with Crippen molar-refractivity contribution >= 4 is 11.9 Å². The molecule has 0 saturated carbocycles. The van der Waals surface area contributed by atoms with Gasteiger partial charge in [-0.3, -0.25) is 4.79 Å². The number of hydrogen-bond donors (Lipinski definition) is 1.